The lowest BCUT2D eigenvalue weighted by Gasteiger charge is -2.22. The third-order valence-electron chi connectivity index (χ3n) is 2.88. The lowest BCUT2D eigenvalue weighted by atomic mass is 10.2. The van der Waals surface area contributed by atoms with Crippen LogP contribution in [0.1, 0.15) is 23.0 Å². The molecule has 4 nitrogen and oxygen atoms in total. The van der Waals surface area contributed by atoms with Gasteiger partial charge in [0.1, 0.15) is 0 Å². The van der Waals surface area contributed by atoms with E-state index in [1.807, 2.05) is 24.3 Å². The van der Waals surface area contributed by atoms with E-state index in [0.717, 1.165) is 17.1 Å². The van der Waals surface area contributed by atoms with E-state index in [2.05, 4.69) is 33.1 Å². The number of rotatable bonds is 6. The summed E-state index contributed by atoms with van der Waals surface area (Å²) in [4.78, 5) is 15.7. The van der Waals surface area contributed by atoms with Crippen molar-refractivity contribution in [3.63, 3.8) is 0 Å². The molecule has 0 saturated heterocycles. The number of carbonyl (C=O) groups is 1. The second-order valence-electron chi connectivity index (χ2n) is 4.32. The third-order valence-corrected chi connectivity index (χ3v) is 3.79. The molecule has 0 radical (unpaired) electrons. The van der Waals surface area contributed by atoms with Gasteiger partial charge in [0.15, 0.2) is 0 Å². The van der Waals surface area contributed by atoms with Crippen LogP contribution >= 0.6 is 11.9 Å². The molecule has 110 valence electrons. The van der Waals surface area contributed by atoms with Gasteiger partial charge in [-0.25, -0.2) is 4.79 Å². The molecule has 0 unspecified atom stereocenters. The molecule has 0 N–H and O–H groups in total. The van der Waals surface area contributed by atoms with E-state index < -0.39 is 0 Å². The van der Waals surface area contributed by atoms with Gasteiger partial charge in [0, 0.05) is 17.6 Å². The lowest BCUT2D eigenvalue weighted by molar-refractivity contribution is 0.0600. The highest BCUT2D eigenvalue weighted by atomic mass is 32.2. The van der Waals surface area contributed by atoms with Crippen molar-refractivity contribution in [3.05, 3.63) is 59.9 Å². The van der Waals surface area contributed by atoms with Gasteiger partial charge in [-0.05, 0) is 36.2 Å². The largest absolute Gasteiger partial charge is 0.465 e. The summed E-state index contributed by atoms with van der Waals surface area (Å²) in [6.07, 6.45) is 1.56. The molecule has 2 rings (SSSR count). The number of anilines is 1. The SMILES string of the molecule is CCSN(Cc1ccc(C(=O)OC)cn1)c1ccccc1. The molecule has 0 amide bonds. The van der Waals surface area contributed by atoms with E-state index in [-0.39, 0.29) is 5.97 Å². The average molecular weight is 302 g/mol. The Labute approximate surface area is 129 Å². The number of esters is 1. The molecular formula is C16H18N2O2S. The number of benzene rings is 1. The summed E-state index contributed by atoms with van der Waals surface area (Å²) in [6, 6.07) is 13.8. The molecule has 2 aromatic rings. The molecule has 0 bridgehead atoms. The smallest absolute Gasteiger partial charge is 0.339 e. The van der Waals surface area contributed by atoms with E-state index in [9.17, 15) is 4.79 Å². The number of methoxy groups -OCH3 is 1. The van der Waals surface area contributed by atoms with Crippen molar-refractivity contribution in [2.45, 2.75) is 13.5 Å². The number of para-hydroxylation sites is 1. The minimum absolute atomic E-state index is 0.364. The van der Waals surface area contributed by atoms with Gasteiger partial charge in [-0.1, -0.05) is 25.1 Å². The summed E-state index contributed by atoms with van der Waals surface area (Å²) in [6.45, 7) is 2.80. The molecule has 0 aliphatic rings. The molecule has 0 saturated carbocycles. The van der Waals surface area contributed by atoms with Gasteiger partial charge in [-0.2, -0.15) is 0 Å². The predicted molar refractivity (Wildman–Crippen MR) is 86.3 cm³/mol. The van der Waals surface area contributed by atoms with Crippen molar-refractivity contribution in [2.75, 3.05) is 17.2 Å². The fourth-order valence-electron chi connectivity index (χ4n) is 1.87. The highest BCUT2D eigenvalue weighted by Gasteiger charge is 2.10. The molecule has 0 aliphatic carbocycles. The van der Waals surface area contributed by atoms with Gasteiger partial charge in [0.05, 0.1) is 24.9 Å². The average Bonchev–Trinajstić information content (AvgIpc) is 2.55. The molecule has 0 atom stereocenters. The van der Waals surface area contributed by atoms with Crippen LogP contribution in [0.3, 0.4) is 0 Å². The van der Waals surface area contributed by atoms with Crippen molar-refractivity contribution < 1.29 is 9.53 Å². The number of ether oxygens (including phenoxy) is 1. The van der Waals surface area contributed by atoms with Gasteiger partial charge in [-0.3, -0.25) is 4.98 Å². The fourth-order valence-corrected chi connectivity index (χ4v) is 2.67. The van der Waals surface area contributed by atoms with Crippen LogP contribution in [0.2, 0.25) is 0 Å². The second kappa shape index (κ2) is 7.69. The van der Waals surface area contributed by atoms with Crippen LogP contribution in [0, 0.1) is 0 Å². The Kier molecular flexibility index (Phi) is 5.63. The van der Waals surface area contributed by atoms with Gasteiger partial charge in [0.25, 0.3) is 0 Å². The summed E-state index contributed by atoms with van der Waals surface area (Å²) < 4.78 is 6.87. The fraction of sp³-hybridized carbons (Fsp3) is 0.250. The molecule has 0 fully saturated rings. The molecule has 1 aromatic heterocycles. The topological polar surface area (TPSA) is 42.4 Å². The van der Waals surface area contributed by atoms with Crippen LogP contribution in [-0.2, 0) is 11.3 Å². The van der Waals surface area contributed by atoms with Gasteiger partial charge in [-0.15, -0.1) is 0 Å². The zero-order valence-corrected chi connectivity index (χ0v) is 13.0. The van der Waals surface area contributed by atoms with Crippen LogP contribution in [-0.4, -0.2) is 23.8 Å². The van der Waals surface area contributed by atoms with Crippen LogP contribution in [0.15, 0.2) is 48.7 Å². The van der Waals surface area contributed by atoms with E-state index in [0.29, 0.717) is 12.1 Å². The maximum absolute atomic E-state index is 11.4. The molecule has 0 aliphatic heterocycles. The number of hydrogen-bond donors (Lipinski definition) is 0. The Hall–Kier alpha value is -2.01. The van der Waals surface area contributed by atoms with E-state index in [1.165, 1.54) is 7.11 Å². The molecule has 5 heteroatoms. The molecular weight excluding hydrogens is 284 g/mol. The molecule has 1 aromatic carbocycles. The number of hydrogen-bond acceptors (Lipinski definition) is 5. The second-order valence-corrected chi connectivity index (χ2v) is 5.60. The lowest BCUT2D eigenvalue weighted by Crippen LogP contribution is -2.15. The normalized spacial score (nSPS) is 10.2. The highest BCUT2D eigenvalue weighted by Crippen LogP contribution is 2.24. The van der Waals surface area contributed by atoms with Crippen molar-refractivity contribution in [3.8, 4) is 0 Å². The first kappa shape index (κ1) is 15.4. The number of pyridine rings is 1. The van der Waals surface area contributed by atoms with Gasteiger partial charge in [0.2, 0.25) is 0 Å². The Bertz CT molecular complexity index is 573. The zero-order chi connectivity index (χ0) is 15.1. The van der Waals surface area contributed by atoms with Crippen molar-refractivity contribution in [1.82, 2.24) is 4.98 Å². The van der Waals surface area contributed by atoms with Crippen LogP contribution < -0.4 is 4.31 Å². The predicted octanol–water partition coefficient (Wildman–Crippen LogP) is 3.54. The van der Waals surface area contributed by atoms with E-state index in [4.69, 9.17) is 0 Å². The standard InChI is InChI=1S/C16H18N2O2S/c1-3-21-18(15-7-5-4-6-8-15)12-14-10-9-13(11-17-14)16(19)20-2/h4-11H,3,12H2,1-2H3. The Balaban J connectivity index is 2.12. The van der Waals surface area contributed by atoms with Crippen molar-refractivity contribution in [2.24, 2.45) is 0 Å². The van der Waals surface area contributed by atoms with Crippen LogP contribution in [0.25, 0.3) is 0 Å². The molecule has 1 heterocycles. The van der Waals surface area contributed by atoms with Crippen LogP contribution in [0.4, 0.5) is 5.69 Å². The maximum Gasteiger partial charge on any atom is 0.339 e. The zero-order valence-electron chi connectivity index (χ0n) is 12.2. The van der Waals surface area contributed by atoms with Crippen molar-refractivity contribution in [1.29, 1.82) is 0 Å². The Morgan fingerprint density at radius 1 is 1.24 bits per heavy atom. The molecule has 0 spiro atoms. The summed E-state index contributed by atoms with van der Waals surface area (Å²) in [5, 5.41) is 0. The Morgan fingerprint density at radius 3 is 2.57 bits per heavy atom. The summed E-state index contributed by atoms with van der Waals surface area (Å²) in [5.41, 5.74) is 2.52. The van der Waals surface area contributed by atoms with E-state index >= 15 is 0 Å². The quantitative estimate of drug-likeness (QED) is 0.603. The summed E-state index contributed by atoms with van der Waals surface area (Å²) in [7, 11) is 1.37. The van der Waals surface area contributed by atoms with Crippen LogP contribution in [0.5, 0.6) is 0 Å². The first-order chi connectivity index (χ1) is 10.2. The first-order valence-electron chi connectivity index (χ1n) is 6.73. The number of nitrogens with zero attached hydrogens (tertiary/aromatic N) is 2. The summed E-state index contributed by atoms with van der Waals surface area (Å²) >= 11 is 1.74. The first-order valence-corrected chi connectivity index (χ1v) is 7.67. The maximum atomic E-state index is 11.4. The van der Waals surface area contributed by atoms with Gasteiger partial charge < -0.3 is 9.04 Å². The van der Waals surface area contributed by atoms with Gasteiger partial charge >= 0.3 is 5.97 Å². The monoisotopic (exact) mass is 302 g/mol. The highest BCUT2D eigenvalue weighted by molar-refractivity contribution is 8.00. The van der Waals surface area contributed by atoms with E-state index in [1.54, 1.807) is 24.2 Å². The number of aromatic nitrogens is 1. The summed E-state index contributed by atoms with van der Waals surface area (Å²) in [5.74, 6) is 0.617. The minimum atomic E-state index is -0.364. The number of carbonyl (C=O) groups excluding carboxylic acids is 1. The Morgan fingerprint density at radius 2 is 2.00 bits per heavy atom. The molecule has 21 heavy (non-hydrogen) atoms. The van der Waals surface area contributed by atoms with Crippen molar-refractivity contribution >= 4 is 23.6 Å². The minimum Gasteiger partial charge on any atom is -0.465 e. The third kappa shape index (κ3) is 4.23.